The van der Waals surface area contributed by atoms with Gasteiger partial charge >= 0.3 is 0 Å². The molecule has 58 valence electrons. The standard InChI is InChI=1S/C7H9N3O/c1-10-7-3-8-2-5(7)6(4-11)9-10/h4,8H,2-3H2,1H3. The Morgan fingerprint density at radius 1 is 1.64 bits per heavy atom. The predicted octanol–water partition coefficient (Wildman–Crippen LogP) is -0.164. The fourth-order valence-corrected chi connectivity index (χ4v) is 1.44. The molecule has 0 aromatic carbocycles. The number of hydrogen-bond donors (Lipinski definition) is 1. The summed E-state index contributed by atoms with van der Waals surface area (Å²) in [6.45, 7) is 1.60. The summed E-state index contributed by atoms with van der Waals surface area (Å²) in [4.78, 5) is 10.5. The SMILES string of the molecule is Cn1nc(C=O)c2c1CNC2. The van der Waals surface area contributed by atoms with E-state index in [1.54, 1.807) is 4.68 Å². The van der Waals surface area contributed by atoms with Crippen LogP contribution in [0.3, 0.4) is 0 Å². The topological polar surface area (TPSA) is 46.9 Å². The van der Waals surface area contributed by atoms with Crippen LogP contribution in [0.4, 0.5) is 0 Å². The van der Waals surface area contributed by atoms with E-state index >= 15 is 0 Å². The van der Waals surface area contributed by atoms with E-state index in [-0.39, 0.29) is 0 Å². The van der Waals surface area contributed by atoms with Gasteiger partial charge in [0.25, 0.3) is 0 Å². The molecule has 1 N–H and O–H groups in total. The molecule has 0 aliphatic carbocycles. The first-order valence-corrected chi connectivity index (χ1v) is 3.53. The number of nitrogens with one attached hydrogen (secondary N) is 1. The van der Waals surface area contributed by atoms with E-state index in [0.29, 0.717) is 5.69 Å². The molecular formula is C7H9N3O. The van der Waals surface area contributed by atoms with E-state index in [4.69, 9.17) is 0 Å². The number of aromatic nitrogens is 2. The molecule has 4 nitrogen and oxygen atoms in total. The van der Waals surface area contributed by atoms with Crippen molar-refractivity contribution in [3.8, 4) is 0 Å². The van der Waals surface area contributed by atoms with Crippen molar-refractivity contribution in [2.75, 3.05) is 0 Å². The Morgan fingerprint density at radius 2 is 2.45 bits per heavy atom. The summed E-state index contributed by atoms with van der Waals surface area (Å²) in [7, 11) is 1.86. The highest BCUT2D eigenvalue weighted by Gasteiger charge is 2.19. The van der Waals surface area contributed by atoms with Gasteiger partial charge in [-0.1, -0.05) is 0 Å². The molecule has 1 aliphatic heterocycles. The maximum Gasteiger partial charge on any atom is 0.170 e. The summed E-state index contributed by atoms with van der Waals surface area (Å²) in [5, 5.41) is 7.22. The number of nitrogens with zero attached hydrogens (tertiary/aromatic N) is 2. The van der Waals surface area contributed by atoms with Crippen molar-refractivity contribution in [3.05, 3.63) is 17.0 Å². The summed E-state index contributed by atoms with van der Waals surface area (Å²) in [5.41, 5.74) is 2.77. The number of fused-ring (bicyclic) bond motifs is 1. The molecule has 0 spiro atoms. The molecule has 0 saturated carbocycles. The van der Waals surface area contributed by atoms with Crippen LogP contribution < -0.4 is 5.32 Å². The van der Waals surface area contributed by atoms with E-state index in [0.717, 1.165) is 30.6 Å². The van der Waals surface area contributed by atoms with Crippen molar-refractivity contribution in [2.45, 2.75) is 13.1 Å². The van der Waals surface area contributed by atoms with Gasteiger partial charge in [0.1, 0.15) is 5.69 Å². The Hall–Kier alpha value is -1.16. The lowest BCUT2D eigenvalue weighted by Crippen LogP contribution is -2.06. The van der Waals surface area contributed by atoms with Crippen LogP contribution in [0.2, 0.25) is 0 Å². The fourth-order valence-electron chi connectivity index (χ4n) is 1.44. The highest BCUT2D eigenvalue weighted by Crippen LogP contribution is 2.16. The second-order valence-electron chi connectivity index (χ2n) is 2.66. The van der Waals surface area contributed by atoms with Crippen molar-refractivity contribution in [3.63, 3.8) is 0 Å². The highest BCUT2D eigenvalue weighted by molar-refractivity contribution is 5.75. The lowest BCUT2D eigenvalue weighted by molar-refractivity contribution is 0.111. The molecule has 11 heavy (non-hydrogen) atoms. The van der Waals surface area contributed by atoms with Gasteiger partial charge in [0.2, 0.25) is 0 Å². The van der Waals surface area contributed by atoms with E-state index < -0.39 is 0 Å². The molecule has 0 saturated heterocycles. The van der Waals surface area contributed by atoms with Crippen LogP contribution in [0.15, 0.2) is 0 Å². The van der Waals surface area contributed by atoms with Crippen LogP contribution in [-0.2, 0) is 20.1 Å². The van der Waals surface area contributed by atoms with Crippen molar-refractivity contribution in [1.82, 2.24) is 15.1 Å². The second-order valence-corrected chi connectivity index (χ2v) is 2.66. The first-order valence-electron chi connectivity index (χ1n) is 3.53. The van der Waals surface area contributed by atoms with Crippen LogP contribution in [-0.4, -0.2) is 16.1 Å². The Bertz CT molecular complexity index is 303. The van der Waals surface area contributed by atoms with Crippen LogP contribution >= 0.6 is 0 Å². The number of hydrogen-bond acceptors (Lipinski definition) is 3. The van der Waals surface area contributed by atoms with Crippen LogP contribution in [0.25, 0.3) is 0 Å². The lowest BCUT2D eigenvalue weighted by atomic mass is 10.2. The first kappa shape index (κ1) is 6.54. The molecule has 1 aliphatic rings. The maximum atomic E-state index is 10.5. The third-order valence-corrected chi connectivity index (χ3v) is 2.01. The Balaban J connectivity index is 2.60. The van der Waals surface area contributed by atoms with Crippen molar-refractivity contribution in [1.29, 1.82) is 0 Å². The van der Waals surface area contributed by atoms with Gasteiger partial charge in [-0.15, -0.1) is 0 Å². The fraction of sp³-hybridized carbons (Fsp3) is 0.429. The molecule has 2 rings (SSSR count). The number of aryl methyl sites for hydroxylation is 1. The molecule has 0 atom stereocenters. The summed E-state index contributed by atoms with van der Waals surface area (Å²) >= 11 is 0. The molecule has 2 heterocycles. The van der Waals surface area contributed by atoms with Crippen LogP contribution in [0, 0.1) is 0 Å². The van der Waals surface area contributed by atoms with E-state index in [1.807, 2.05) is 7.05 Å². The smallest absolute Gasteiger partial charge is 0.170 e. The molecule has 0 radical (unpaired) electrons. The second kappa shape index (κ2) is 2.17. The molecule has 1 aromatic heterocycles. The van der Waals surface area contributed by atoms with Gasteiger partial charge in [0.15, 0.2) is 6.29 Å². The highest BCUT2D eigenvalue weighted by atomic mass is 16.1. The number of aldehydes is 1. The van der Waals surface area contributed by atoms with Gasteiger partial charge in [0, 0.05) is 25.7 Å². The van der Waals surface area contributed by atoms with Gasteiger partial charge in [-0.3, -0.25) is 9.48 Å². The molecule has 0 amide bonds. The number of carbonyl (C=O) groups excluding carboxylic acids is 1. The van der Waals surface area contributed by atoms with Crippen LogP contribution in [0.1, 0.15) is 21.7 Å². The van der Waals surface area contributed by atoms with E-state index in [9.17, 15) is 4.79 Å². The monoisotopic (exact) mass is 151 g/mol. The summed E-state index contributed by atoms with van der Waals surface area (Å²) in [5.74, 6) is 0. The Kier molecular flexibility index (Phi) is 1.29. The lowest BCUT2D eigenvalue weighted by Gasteiger charge is -1.93. The predicted molar refractivity (Wildman–Crippen MR) is 39.1 cm³/mol. The molecule has 4 heteroatoms. The normalized spacial score (nSPS) is 15.0. The summed E-state index contributed by atoms with van der Waals surface area (Å²) in [6.07, 6.45) is 0.811. The van der Waals surface area contributed by atoms with E-state index in [2.05, 4.69) is 10.4 Å². The van der Waals surface area contributed by atoms with Gasteiger partial charge in [-0.05, 0) is 0 Å². The van der Waals surface area contributed by atoms with E-state index in [1.165, 1.54) is 0 Å². The van der Waals surface area contributed by atoms with Crippen molar-refractivity contribution in [2.24, 2.45) is 7.05 Å². The van der Waals surface area contributed by atoms with Gasteiger partial charge < -0.3 is 5.32 Å². The number of rotatable bonds is 1. The average Bonchev–Trinajstić information content (AvgIpc) is 2.54. The zero-order valence-corrected chi connectivity index (χ0v) is 6.29. The van der Waals surface area contributed by atoms with Crippen molar-refractivity contribution >= 4 is 6.29 Å². The average molecular weight is 151 g/mol. The largest absolute Gasteiger partial charge is 0.307 e. The van der Waals surface area contributed by atoms with Gasteiger partial charge in [-0.25, -0.2) is 0 Å². The Morgan fingerprint density at radius 3 is 3.18 bits per heavy atom. The molecule has 0 bridgehead atoms. The third kappa shape index (κ3) is 0.793. The Labute approximate surface area is 64.2 Å². The number of carbonyl (C=O) groups is 1. The minimum absolute atomic E-state index is 0.576. The molecule has 1 aromatic rings. The quantitative estimate of drug-likeness (QED) is 0.567. The minimum Gasteiger partial charge on any atom is -0.307 e. The maximum absolute atomic E-state index is 10.5. The zero-order valence-electron chi connectivity index (χ0n) is 6.29. The molecular weight excluding hydrogens is 142 g/mol. The zero-order chi connectivity index (χ0) is 7.84. The van der Waals surface area contributed by atoms with Gasteiger partial charge in [0.05, 0.1) is 5.69 Å². The molecule has 0 fully saturated rings. The van der Waals surface area contributed by atoms with Gasteiger partial charge in [-0.2, -0.15) is 5.10 Å². The van der Waals surface area contributed by atoms with Crippen molar-refractivity contribution < 1.29 is 4.79 Å². The minimum atomic E-state index is 0.576. The van der Waals surface area contributed by atoms with Crippen LogP contribution in [0.5, 0.6) is 0 Å². The third-order valence-electron chi connectivity index (χ3n) is 2.01. The summed E-state index contributed by atoms with van der Waals surface area (Å²) < 4.78 is 1.76. The summed E-state index contributed by atoms with van der Waals surface area (Å²) in [6, 6.07) is 0. The molecule has 0 unspecified atom stereocenters. The first-order chi connectivity index (χ1) is 5.33.